The molecule has 0 aromatic heterocycles. The van der Waals surface area contributed by atoms with Crippen LogP contribution in [0.25, 0.3) is 0 Å². The summed E-state index contributed by atoms with van der Waals surface area (Å²) in [5.41, 5.74) is 1.01. The molecule has 1 N–H and O–H groups in total. The second-order valence-electron chi connectivity index (χ2n) is 4.42. The Hall–Kier alpha value is -2.73. The quantitative estimate of drug-likeness (QED) is 0.855. The minimum absolute atomic E-state index is 0.254. The molecule has 0 fully saturated rings. The van der Waals surface area contributed by atoms with Crippen LogP contribution in [0.15, 0.2) is 60.7 Å². The first kappa shape index (κ1) is 14.7. The van der Waals surface area contributed by atoms with Crippen molar-refractivity contribution in [3.05, 3.63) is 66.2 Å². The Morgan fingerprint density at radius 3 is 2.33 bits per heavy atom. The van der Waals surface area contributed by atoms with Crippen LogP contribution in [0.2, 0.25) is 0 Å². The first-order chi connectivity index (χ1) is 10.3. The molecule has 0 heterocycles. The van der Waals surface area contributed by atoms with Gasteiger partial charge in [-0.05, 0) is 30.5 Å². The van der Waals surface area contributed by atoms with Crippen molar-refractivity contribution in [1.29, 1.82) is 0 Å². The van der Waals surface area contributed by atoms with Gasteiger partial charge in [-0.3, -0.25) is 4.79 Å². The third-order valence-corrected chi connectivity index (χ3v) is 2.88. The molecule has 0 bridgehead atoms. The van der Waals surface area contributed by atoms with Crippen LogP contribution in [0.4, 0.5) is 0 Å². The predicted molar refractivity (Wildman–Crippen MR) is 82.7 cm³/mol. The maximum atomic E-state index is 11.5. The fraction of sp³-hybridized carbons (Fsp3) is 0.167. The number of hydrogen-bond acceptors (Lipinski definition) is 2. The second-order valence-corrected chi connectivity index (χ2v) is 4.42. The van der Waals surface area contributed by atoms with Crippen LogP contribution in [-0.2, 0) is 4.79 Å². The van der Waals surface area contributed by atoms with Crippen molar-refractivity contribution < 1.29 is 9.53 Å². The number of rotatable bonds is 5. The molecule has 106 valence electrons. The SMILES string of the molecule is CC#CC(=O)NCC(Oc1ccccc1)c1ccccc1. The summed E-state index contributed by atoms with van der Waals surface area (Å²) in [6.07, 6.45) is -0.254. The number of ether oxygens (including phenoxy) is 1. The van der Waals surface area contributed by atoms with E-state index in [1.807, 2.05) is 60.7 Å². The third-order valence-electron chi connectivity index (χ3n) is 2.88. The highest BCUT2D eigenvalue weighted by Gasteiger charge is 2.14. The lowest BCUT2D eigenvalue weighted by Gasteiger charge is -2.19. The Bertz CT molecular complexity index is 627. The first-order valence-electron chi connectivity index (χ1n) is 6.77. The van der Waals surface area contributed by atoms with E-state index >= 15 is 0 Å². The monoisotopic (exact) mass is 279 g/mol. The van der Waals surface area contributed by atoms with E-state index in [-0.39, 0.29) is 12.0 Å². The molecule has 1 atom stereocenters. The number of benzene rings is 2. The molecule has 0 saturated carbocycles. The van der Waals surface area contributed by atoms with E-state index in [1.165, 1.54) is 0 Å². The van der Waals surface area contributed by atoms with Crippen molar-refractivity contribution in [3.63, 3.8) is 0 Å². The molecule has 21 heavy (non-hydrogen) atoms. The first-order valence-corrected chi connectivity index (χ1v) is 6.77. The molecule has 1 amide bonds. The lowest BCUT2D eigenvalue weighted by Crippen LogP contribution is -2.29. The molecule has 2 rings (SSSR count). The van der Waals surface area contributed by atoms with E-state index in [1.54, 1.807) is 6.92 Å². The molecule has 0 spiro atoms. The molecule has 2 aromatic rings. The zero-order valence-electron chi connectivity index (χ0n) is 11.9. The Kier molecular flexibility index (Phi) is 5.42. The number of carbonyl (C=O) groups excluding carboxylic acids is 1. The van der Waals surface area contributed by atoms with E-state index < -0.39 is 0 Å². The smallest absolute Gasteiger partial charge is 0.296 e. The summed E-state index contributed by atoms with van der Waals surface area (Å²) in [4.78, 5) is 11.5. The predicted octanol–water partition coefficient (Wildman–Crippen LogP) is 2.95. The van der Waals surface area contributed by atoms with E-state index in [4.69, 9.17) is 4.74 Å². The van der Waals surface area contributed by atoms with Gasteiger partial charge >= 0.3 is 0 Å². The van der Waals surface area contributed by atoms with Crippen LogP contribution in [-0.4, -0.2) is 12.5 Å². The fourth-order valence-corrected chi connectivity index (χ4v) is 1.90. The molecule has 0 aliphatic carbocycles. The van der Waals surface area contributed by atoms with Gasteiger partial charge in [0, 0.05) is 0 Å². The fourth-order valence-electron chi connectivity index (χ4n) is 1.90. The van der Waals surface area contributed by atoms with Crippen LogP contribution in [0, 0.1) is 11.8 Å². The molecular weight excluding hydrogens is 262 g/mol. The number of amides is 1. The largest absolute Gasteiger partial charge is 0.484 e. The highest BCUT2D eigenvalue weighted by Crippen LogP contribution is 2.21. The Morgan fingerprint density at radius 1 is 1.10 bits per heavy atom. The number of hydrogen-bond donors (Lipinski definition) is 1. The van der Waals surface area contributed by atoms with Crippen molar-refractivity contribution in [1.82, 2.24) is 5.32 Å². The molecular formula is C18H17NO2. The van der Waals surface area contributed by atoms with Gasteiger partial charge in [-0.25, -0.2) is 0 Å². The van der Waals surface area contributed by atoms with Gasteiger partial charge in [-0.1, -0.05) is 54.5 Å². The van der Waals surface area contributed by atoms with E-state index in [0.717, 1.165) is 11.3 Å². The summed E-state index contributed by atoms with van der Waals surface area (Å²) in [5, 5.41) is 2.76. The molecule has 1 unspecified atom stereocenters. The van der Waals surface area contributed by atoms with Crippen molar-refractivity contribution in [2.24, 2.45) is 0 Å². The minimum Gasteiger partial charge on any atom is -0.484 e. The number of para-hydroxylation sites is 1. The lowest BCUT2D eigenvalue weighted by atomic mass is 10.1. The summed E-state index contributed by atoms with van der Waals surface area (Å²) in [6.45, 7) is 2.00. The molecule has 3 heteroatoms. The van der Waals surface area contributed by atoms with Crippen molar-refractivity contribution in [2.75, 3.05) is 6.54 Å². The van der Waals surface area contributed by atoms with E-state index in [0.29, 0.717) is 6.54 Å². The van der Waals surface area contributed by atoms with Crippen LogP contribution >= 0.6 is 0 Å². The summed E-state index contributed by atoms with van der Waals surface area (Å²) < 4.78 is 5.97. The number of nitrogens with one attached hydrogen (secondary N) is 1. The van der Waals surface area contributed by atoms with E-state index in [9.17, 15) is 4.79 Å². The summed E-state index contributed by atoms with van der Waals surface area (Å²) in [7, 11) is 0. The van der Waals surface area contributed by atoms with E-state index in [2.05, 4.69) is 17.2 Å². The van der Waals surface area contributed by atoms with Crippen LogP contribution in [0.1, 0.15) is 18.6 Å². The normalized spacial score (nSPS) is 10.9. The van der Waals surface area contributed by atoms with Gasteiger partial charge in [0.2, 0.25) is 0 Å². The van der Waals surface area contributed by atoms with Gasteiger partial charge in [0.25, 0.3) is 5.91 Å². The standard InChI is InChI=1S/C18H17NO2/c1-2-9-18(20)19-14-17(15-10-5-3-6-11-15)21-16-12-7-4-8-13-16/h3-8,10-13,17H,14H2,1H3,(H,19,20). The minimum atomic E-state index is -0.296. The van der Waals surface area contributed by atoms with Crippen LogP contribution < -0.4 is 10.1 Å². The zero-order valence-corrected chi connectivity index (χ0v) is 11.9. The molecule has 0 saturated heterocycles. The zero-order chi connectivity index (χ0) is 14.9. The van der Waals surface area contributed by atoms with Gasteiger partial charge in [-0.2, -0.15) is 0 Å². The van der Waals surface area contributed by atoms with Crippen LogP contribution in [0.3, 0.4) is 0 Å². The average Bonchev–Trinajstić information content (AvgIpc) is 2.53. The Morgan fingerprint density at radius 2 is 1.71 bits per heavy atom. The third kappa shape index (κ3) is 4.70. The van der Waals surface area contributed by atoms with Gasteiger partial charge in [0.15, 0.2) is 0 Å². The average molecular weight is 279 g/mol. The highest BCUT2D eigenvalue weighted by molar-refractivity contribution is 5.93. The molecule has 3 nitrogen and oxygen atoms in total. The number of carbonyl (C=O) groups is 1. The summed E-state index contributed by atoms with van der Waals surface area (Å²) in [6, 6.07) is 19.3. The maximum absolute atomic E-state index is 11.5. The Balaban J connectivity index is 2.10. The van der Waals surface area contributed by atoms with Crippen LogP contribution in [0.5, 0.6) is 5.75 Å². The van der Waals surface area contributed by atoms with Gasteiger partial charge in [-0.15, -0.1) is 0 Å². The van der Waals surface area contributed by atoms with Gasteiger partial charge in [0.1, 0.15) is 11.9 Å². The molecule has 2 aromatic carbocycles. The van der Waals surface area contributed by atoms with Gasteiger partial charge in [0.05, 0.1) is 6.54 Å². The maximum Gasteiger partial charge on any atom is 0.296 e. The summed E-state index contributed by atoms with van der Waals surface area (Å²) >= 11 is 0. The molecule has 0 aliphatic rings. The van der Waals surface area contributed by atoms with Crippen molar-refractivity contribution >= 4 is 5.91 Å². The Labute approximate surface area is 125 Å². The topological polar surface area (TPSA) is 38.3 Å². The van der Waals surface area contributed by atoms with Crippen molar-refractivity contribution in [3.8, 4) is 17.6 Å². The van der Waals surface area contributed by atoms with Crippen molar-refractivity contribution in [2.45, 2.75) is 13.0 Å². The second kappa shape index (κ2) is 7.76. The lowest BCUT2D eigenvalue weighted by molar-refractivity contribution is -0.116. The highest BCUT2D eigenvalue weighted by atomic mass is 16.5. The molecule has 0 aliphatic heterocycles. The summed E-state index contributed by atoms with van der Waals surface area (Å²) in [5.74, 6) is 5.51. The molecule has 0 radical (unpaired) electrons. The van der Waals surface area contributed by atoms with Gasteiger partial charge < -0.3 is 10.1 Å².